The van der Waals surface area contributed by atoms with Crippen LogP contribution in [0.2, 0.25) is 0 Å². The van der Waals surface area contributed by atoms with Crippen LogP contribution in [-0.4, -0.2) is 62.1 Å². The number of benzene rings is 1. The Morgan fingerprint density at radius 3 is 2.67 bits per heavy atom. The highest BCUT2D eigenvalue weighted by atomic mass is 32.2. The molecule has 1 heterocycles. The van der Waals surface area contributed by atoms with Crippen LogP contribution in [0.3, 0.4) is 0 Å². The lowest BCUT2D eigenvalue weighted by atomic mass is 10.3. The molecule has 1 aliphatic heterocycles. The predicted molar refractivity (Wildman–Crippen MR) is 81.2 cm³/mol. The fourth-order valence-corrected chi connectivity index (χ4v) is 4.13. The third-order valence-electron chi connectivity index (χ3n) is 3.62. The van der Waals surface area contributed by atoms with Crippen molar-refractivity contribution in [3.05, 3.63) is 24.3 Å². The number of aliphatic hydroxyl groups is 1. The van der Waals surface area contributed by atoms with E-state index in [0.717, 1.165) is 13.0 Å². The number of hydrazine groups is 1. The van der Waals surface area contributed by atoms with Gasteiger partial charge in [0.1, 0.15) is 4.90 Å². The van der Waals surface area contributed by atoms with E-state index in [-0.39, 0.29) is 11.5 Å². The molecule has 0 aliphatic carbocycles. The molecule has 8 heteroatoms. The van der Waals surface area contributed by atoms with Crippen LogP contribution < -0.4 is 11.3 Å². The lowest BCUT2D eigenvalue weighted by molar-refractivity contribution is 0.202. The van der Waals surface area contributed by atoms with Crippen molar-refractivity contribution in [1.29, 1.82) is 0 Å². The number of aliphatic hydroxyl groups excluding tert-OH is 1. The number of sulfonamides is 1. The van der Waals surface area contributed by atoms with Gasteiger partial charge in [-0.2, -0.15) is 4.31 Å². The minimum atomic E-state index is -3.56. The predicted octanol–water partition coefficient (Wildman–Crippen LogP) is -0.339. The maximum absolute atomic E-state index is 12.7. The fraction of sp³-hybridized carbons (Fsp3) is 0.538. The molecule has 1 aliphatic rings. The van der Waals surface area contributed by atoms with Crippen molar-refractivity contribution < 1.29 is 13.5 Å². The van der Waals surface area contributed by atoms with Crippen LogP contribution >= 0.6 is 0 Å². The molecule has 2 rings (SSSR count). The fourth-order valence-electron chi connectivity index (χ4n) is 2.50. The highest BCUT2D eigenvalue weighted by Crippen LogP contribution is 2.24. The first-order chi connectivity index (χ1) is 10.1. The van der Waals surface area contributed by atoms with E-state index in [4.69, 9.17) is 10.9 Å². The molecule has 0 spiro atoms. The van der Waals surface area contributed by atoms with E-state index in [1.54, 1.807) is 24.3 Å². The molecule has 118 valence electrons. The van der Waals surface area contributed by atoms with Gasteiger partial charge >= 0.3 is 0 Å². The Morgan fingerprint density at radius 1 is 1.19 bits per heavy atom. The largest absolute Gasteiger partial charge is 0.395 e. The van der Waals surface area contributed by atoms with Crippen molar-refractivity contribution in [2.24, 2.45) is 5.84 Å². The summed E-state index contributed by atoms with van der Waals surface area (Å²) in [4.78, 5) is 2.27. The molecular weight excluding hydrogens is 292 g/mol. The summed E-state index contributed by atoms with van der Waals surface area (Å²) in [6, 6.07) is 6.62. The minimum absolute atomic E-state index is 0.0900. The topological polar surface area (TPSA) is 98.9 Å². The van der Waals surface area contributed by atoms with Gasteiger partial charge in [-0.25, -0.2) is 8.42 Å². The van der Waals surface area contributed by atoms with Gasteiger partial charge in [0, 0.05) is 26.2 Å². The number of hydrogen-bond acceptors (Lipinski definition) is 6. The third-order valence-corrected chi connectivity index (χ3v) is 5.58. The number of nitrogen functional groups attached to an aromatic ring is 1. The van der Waals surface area contributed by atoms with Gasteiger partial charge in [0.05, 0.1) is 12.3 Å². The Labute approximate surface area is 125 Å². The number of anilines is 1. The van der Waals surface area contributed by atoms with E-state index in [1.807, 2.05) is 0 Å². The van der Waals surface area contributed by atoms with Crippen molar-refractivity contribution >= 4 is 15.7 Å². The number of nitrogens with zero attached hydrogens (tertiary/aromatic N) is 2. The minimum Gasteiger partial charge on any atom is -0.395 e. The van der Waals surface area contributed by atoms with Crippen molar-refractivity contribution in [3.8, 4) is 0 Å². The van der Waals surface area contributed by atoms with Crippen LogP contribution in [0.4, 0.5) is 5.69 Å². The zero-order chi connectivity index (χ0) is 15.3. The van der Waals surface area contributed by atoms with E-state index in [2.05, 4.69) is 10.3 Å². The molecule has 0 amide bonds. The smallest absolute Gasteiger partial charge is 0.245 e. The Morgan fingerprint density at radius 2 is 1.95 bits per heavy atom. The van der Waals surface area contributed by atoms with Gasteiger partial charge < -0.3 is 10.5 Å². The van der Waals surface area contributed by atoms with Crippen molar-refractivity contribution in [2.45, 2.75) is 11.3 Å². The highest BCUT2D eigenvalue weighted by Gasteiger charge is 2.28. The zero-order valence-corrected chi connectivity index (χ0v) is 12.7. The van der Waals surface area contributed by atoms with Crippen LogP contribution in [0.25, 0.3) is 0 Å². The molecule has 21 heavy (non-hydrogen) atoms. The van der Waals surface area contributed by atoms with Crippen molar-refractivity contribution in [2.75, 3.05) is 44.8 Å². The molecule has 1 fully saturated rings. The highest BCUT2D eigenvalue weighted by molar-refractivity contribution is 7.89. The molecular formula is C13H22N4O3S. The van der Waals surface area contributed by atoms with E-state index < -0.39 is 10.0 Å². The normalized spacial score (nSPS) is 18.4. The Kier molecular flexibility index (Phi) is 5.54. The number of β-amino-alcohol motifs (C(OH)–C–C–N with tert-alkyl or cyclic N) is 1. The van der Waals surface area contributed by atoms with Crippen molar-refractivity contribution in [3.63, 3.8) is 0 Å². The average molecular weight is 314 g/mol. The molecule has 0 saturated carbocycles. The molecule has 1 aromatic carbocycles. The van der Waals surface area contributed by atoms with Crippen LogP contribution in [0.5, 0.6) is 0 Å². The summed E-state index contributed by atoms with van der Waals surface area (Å²) in [7, 11) is -3.56. The van der Waals surface area contributed by atoms with Gasteiger partial charge in [0.2, 0.25) is 10.0 Å². The van der Waals surface area contributed by atoms with Crippen LogP contribution in [0.15, 0.2) is 29.2 Å². The summed E-state index contributed by atoms with van der Waals surface area (Å²) in [6.45, 7) is 2.98. The second kappa shape index (κ2) is 7.19. The maximum atomic E-state index is 12.7. The SMILES string of the molecule is NNc1ccccc1S(=O)(=O)N1CCCN(CCO)CC1. The van der Waals surface area contributed by atoms with E-state index in [1.165, 1.54) is 4.31 Å². The first-order valence-electron chi connectivity index (χ1n) is 6.98. The van der Waals surface area contributed by atoms with Gasteiger partial charge in [-0.05, 0) is 25.1 Å². The molecule has 1 saturated heterocycles. The third kappa shape index (κ3) is 3.72. The standard InChI is InChI=1S/C13H22N4O3S/c14-15-12-4-1-2-5-13(12)21(19,20)17-7-3-6-16(8-9-17)10-11-18/h1-2,4-5,15,18H,3,6-11,14H2. The van der Waals surface area contributed by atoms with E-state index in [0.29, 0.717) is 31.9 Å². The Hall–Kier alpha value is -1.19. The van der Waals surface area contributed by atoms with Crippen LogP contribution in [0.1, 0.15) is 6.42 Å². The number of nitrogens with one attached hydrogen (secondary N) is 1. The number of para-hydroxylation sites is 1. The summed E-state index contributed by atoms with van der Waals surface area (Å²) in [5.41, 5.74) is 2.83. The average Bonchev–Trinajstić information content (AvgIpc) is 2.74. The summed E-state index contributed by atoms with van der Waals surface area (Å²) in [5.74, 6) is 5.40. The van der Waals surface area contributed by atoms with Crippen LogP contribution in [-0.2, 0) is 10.0 Å². The first kappa shape index (κ1) is 16.2. The van der Waals surface area contributed by atoms with Gasteiger partial charge in [-0.3, -0.25) is 10.7 Å². The lowest BCUT2D eigenvalue weighted by Crippen LogP contribution is -2.36. The number of hydrogen-bond donors (Lipinski definition) is 3. The maximum Gasteiger partial charge on any atom is 0.245 e. The number of rotatable bonds is 5. The summed E-state index contributed by atoms with van der Waals surface area (Å²) < 4.78 is 27.0. The van der Waals surface area contributed by atoms with Gasteiger partial charge in [-0.15, -0.1) is 0 Å². The van der Waals surface area contributed by atoms with Crippen LogP contribution in [0, 0.1) is 0 Å². The monoisotopic (exact) mass is 314 g/mol. The molecule has 0 atom stereocenters. The number of nitrogens with two attached hydrogens (primary N) is 1. The van der Waals surface area contributed by atoms with Gasteiger partial charge in [0.15, 0.2) is 0 Å². The molecule has 0 unspecified atom stereocenters. The van der Waals surface area contributed by atoms with Crippen molar-refractivity contribution in [1.82, 2.24) is 9.21 Å². The summed E-state index contributed by atoms with van der Waals surface area (Å²) in [6.07, 6.45) is 0.747. The van der Waals surface area contributed by atoms with E-state index >= 15 is 0 Å². The molecule has 1 aromatic rings. The second-order valence-corrected chi connectivity index (χ2v) is 6.87. The zero-order valence-electron chi connectivity index (χ0n) is 11.9. The summed E-state index contributed by atoms with van der Waals surface area (Å²) >= 11 is 0. The molecule has 0 bridgehead atoms. The molecule has 4 N–H and O–H groups in total. The van der Waals surface area contributed by atoms with Gasteiger partial charge in [-0.1, -0.05) is 12.1 Å². The van der Waals surface area contributed by atoms with E-state index in [9.17, 15) is 8.42 Å². The van der Waals surface area contributed by atoms with Gasteiger partial charge in [0.25, 0.3) is 0 Å². The molecule has 0 aromatic heterocycles. The first-order valence-corrected chi connectivity index (χ1v) is 8.42. The molecule has 0 radical (unpaired) electrons. The second-order valence-electron chi connectivity index (χ2n) is 4.96. The lowest BCUT2D eigenvalue weighted by Gasteiger charge is -2.22. The summed E-state index contributed by atoms with van der Waals surface area (Å²) in [5, 5.41) is 8.99. The quantitative estimate of drug-likeness (QED) is 0.508. The molecule has 7 nitrogen and oxygen atoms in total. The Balaban J connectivity index is 2.19. The Bertz CT molecular complexity index is 564.